The summed E-state index contributed by atoms with van der Waals surface area (Å²) in [5.74, 6) is 1.98. The Morgan fingerprint density at radius 1 is 1.25 bits per heavy atom. The lowest BCUT2D eigenvalue weighted by atomic mass is 10.2. The Morgan fingerprint density at radius 3 is 2.50 bits per heavy atom. The maximum absolute atomic E-state index is 11.4. The van der Waals surface area contributed by atoms with E-state index in [0.717, 1.165) is 11.6 Å². The van der Waals surface area contributed by atoms with Gasteiger partial charge in [0.05, 0.1) is 12.8 Å². The van der Waals surface area contributed by atoms with Gasteiger partial charge in [-0.15, -0.1) is 10.2 Å². The van der Waals surface area contributed by atoms with Crippen LogP contribution in [-0.4, -0.2) is 40.3 Å². The zero-order valence-corrected chi connectivity index (χ0v) is 10.5. The highest BCUT2D eigenvalue weighted by atomic mass is 32.2. The highest BCUT2D eigenvalue weighted by molar-refractivity contribution is 7.88. The molecule has 90 valence electrons. The average molecular weight is 244 g/mol. The van der Waals surface area contributed by atoms with Gasteiger partial charge in [0, 0.05) is 19.0 Å². The summed E-state index contributed by atoms with van der Waals surface area (Å²) in [6, 6.07) is 0. The summed E-state index contributed by atoms with van der Waals surface area (Å²) in [7, 11) is -3.13. The summed E-state index contributed by atoms with van der Waals surface area (Å²) in [4.78, 5) is 0. The number of nitrogens with zero attached hydrogens (tertiary/aromatic N) is 4. The second kappa shape index (κ2) is 3.81. The minimum atomic E-state index is -3.13. The molecule has 1 aliphatic heterocycles. The molecule has 1 aromatic rings. The molecule has 6 nitrogen and oxygen atoms in total. The molecule has 2 heterocycles. The Morgan fingerprint density at radius 2 is 1.94 bits per heavy atom. The van der Waals surface area contributed by atoms with Crippen LogP contribution in [0.1, 0.15) is 31.4 Å². The standard InChI is InChI=1S/C9H16N4O2S/c1-7(2)9-11-10-8-6-12(16(3,14)15)4-5-13(8)9/h7H,4-6H2,1-3H3. The monoisotopic (exact) mass is 244 g/mol. The Bertz CT molecular complexity index is 492. The first kappa shape index (κ1) is 11.5. The van der Waals surface area contributed by atoms with Crippen LogP contribution < -0.4 is 0 Å². The smallest absolute Gasteiger partial charge is 0.211 e. The van der Waals surface area contributed by atoms with Crippen LogP contribution in [0.15, 0.2) is 0 Å². The highest BCUT2D eigenvalue weighted by Gasteiger charge is 2.26. The molecule has 16 heavy (non-hydrogen) atoms. The SMILES string of the molecule is CC(C)c1nnc2n1CCN(S(C)(=O)=O)C2. The van der Waals surface area contributed by atoms with Gasteiger partial charge in [0.2, 0.25) is 10.0 Å². The van der Waals surface area contributed by atoms with Gasteiger partial charge in [0.1, 0.15) is 11.6 Å². The van der Waals surface area contributed by atoms with E-state index < -0.39 is 10.0 Å². The number of sulfonamides is 1. The molecule has 0 saturated carbocycles. The maximum Gasteiger partial charge on any atom is 0.211 e. The van der Waals surface area contributed by atoms with Crippen molar-refractivity contribution in [1.29, 1.82) is 0 Å². The van der Waals surface area contributed by atoms with Gasteiger partial charge in [-0.2, -0.15) is 4.31 Å². The Balaban J connectivity index is 2.30. The van der Waals surface area contributed by atoms with Crippen molar-refractivity contribution in [3.8, 4) is 0 Å². The Hall–Kier alpha value is -0.950. The van der Waals surface area contributed by atoms with Gasteiger partial charge in [0.15, 0.2) is 0 Å². The molecule has 0 N–H and O–H groups in total. The molecule has 0 unspecified atom stereocenters. The molecule has 0 aliphatic carbocycles. The molecule has 0 saturated heterocycles. The van der Waals surface area contributed by atoms with Crippen molar-refractivity contribution in [3.05, 3.63) is 11.6 Å². The summed E-state index contributed by atoms with van der Waals surface area (Å²) in [6.07, 6.45) is 1.22. The quantitative estimate of drug-likeness (QED) is 0.744. The fourth-order valence-corrected chi connectivity index (χ4v) is 2.63. The molecular formula is C9H16N4O2S. The second-order valence-corrected chi connectivity index (χ2v) is 6.36. The molecule has 0 fully saturated rings. The van der Waals surface area contributed by atoms with E-state index in [4.69, 9.17) is 0 Å². The number of rotatable bonds is 2. The van der Waals surface area contributed by atoms with Gasteiger partial charge < -0.3 is 4.57 Å². The predicted octanol–water partition coefficient (Wildman–Crippen LogP) is 0.177. The van der Waals surface area contributed by atoms with Gasteiger partial charge in [-0.1, -0.05) is 13.8 Å². The molecule has 0 bridgehead atoms. The van der Waals surface area contributed by atoms with Crippen LogP contribution in [0.3, 0.4) is 0 Å². The number of hydrogen-bond donors (Lipinski definition) is 0. The van der Waals surface area contributed by atoms with Crippen molar-refractivity contribution >= 4 is 10.0 Å². The van der Waals surface area contributed by atoms with Crippen LogP contribution in [0.5, 0.6) is 0 Å². The molecule has 0 aromatic carbocycles. The third kappa shape index (κ3) is 1.97. The van der Waals surface area contributed by atoms with Crippen LogP contribution in [0.2, 0.25) is 0 Å². The van der Waals surface area contributed by atoms with Crippen LogP contribution in [0.4, 0.5) is 0 Å². The summed E-state index contributed by atoms with van der Waals surface area (Å²) < 4.78 is 26.3. The van der Waals surface area contributed by atoms with E-state index in [0.29, 0.717) is 25.6 Å². The van der Waals surface area contributed by atoms with Crippen LogP contribution in [0.25, 0.3) is 0 Å². The van der Waals surface area contributed by atoms with Crippen molar-refractivity contribution in [1.82, 2.24) is 19.1 Å². The molecule has 1 aromatic heterocycles. The topological polar surface area (TPSA) is 68.1 Å². The molecular weight excluding hydrogens is 228 g/mol. The molecule has 2 rings (SSSR count). The van der Waals surface area contributed by atoms with Crippen molar-refractivity contribution in [3.63, 3.8) is 0 Å². The summed E-state index contributed by atoms with van der Waals surface area (Å²) in [5.41, 5.74) is 0. The zero-order valence-electron chi connectivity index (χ0n) is 9.71. The zero-order chi connectivity index (χ0) is 11.9. The third-order valence-electron chi connectivity index (χ3n) is 2.73. The van der Waals surface area contributed by atoms with E-state index in [1.807, 2.05) is 4.57 Å². The molecule has 0 spiro atoms. The Kier molecular flexibility index (Phi) is 2.75. The fraction of sp³-hybridized carbons (Fsp3) is 0.778. The fourth-order valence-electron chi connectivity index (χ4n) is 1.87. The van der Waals surface area contributed by atoms with Gasteiger partial charge in [-0.05, 0) is 0 Å². The number of fused-ring (bicyclic) bond motifs is 1. The molecule has 0 atom stereocenters. The van der Waals surface area contributed by atoms with Crippen molar-refractivity contribution in [2.75, 3.05) is 12.8 Å². The maximum atomic E-state index is 11.4. The minimum absolute atomic E-state index is 0.311. The van der Waals surface area contributed by atoms with E-state index >= 15 is 0 Å². The minimum Gasteiger partial charge on any atom is -0.312 e. The van der Waals surface area contributed by atoms with Crippen molar-refractivity contribution < 1.29 is 8.42 Å². The molecule has 1 aliphatic rings. The Labute approximate surface area is 95.3 Å². The van der Waals surface area contributed by atoms with Crippen LogP contribution in [0, 0.1) is 0 Å². The van der Waals surface area contributed by atoms with Gasteiger partial charge >= 0.3 is 0 Å². The van der Waals surface area contributed by atoms with E-state index in [2.05, 4.69) is 24.0 Å². The van der Waals surface area contributed by atoms with E-state index in [-0.39, 0.29) is 0 Å². The first-order valence-electron chi connectivity index (χ1n) is 5.26. The van der Waals surface area contributed by atoms with Crippen molar-refractivity contribution in [2.24, 2.45) is 0 Å². The van der Waals surface area contributed by atoms with Crippen molar-refractivity contribution in [2.45, 2.75) is 32.9 Å². The summed E-state index contributed by atoms with van der Waals surface area (Å²) in [6.45, 7) is 5.59. The lowest BCUT2D eigenvalue weighted by molar-refractivity contribution is 0.333. The van der Waals surface area contributed by atoms with Gasteiger partial charge in [0.25, 0.3) is 0 Å². The van der Waals surface area contributed by atoms with E-state index in [1.54, 1.807) is 0 Å². The average Bonchev–Trinajstić information content (AvgIpc) is 2.58. The first-order chi connectivity index (χ1) is 7.39. The highest BCUT2D eigenvalue weighted by Crippen LogP contribution is 2.19. The molecule has 0 amide bonds. The molecule has 7 heteroatoms. The lowest BCUT2D eigenvalue weighted by Crippen LogP contribution is -2.38. The molecule has 0 radical (unpaired) electrons. The van der Waals surface area contributed by atoms with Gasteiger partial charge in [-0.25, -0.2) is 8.42 Å². The van der Waals surface area contributed by atoms with Gasteiger partial charge in [-0.3, -0.25) is 0 Å². The summed E-state index contributed by atoms with van der Waals surface area (Å²) in [5, 5.41) is 8.15. The normalized spacial score (nSPS) is 17.8. The van der Waals surface area contributed by atoms with Crippen LogP contribution >= 0.6 is 0 Å². The lowest BCUT2D eigenvalue weighted by Gasteiger charge is -2.26. The summed E-state index contributed by atoms with van der Waals surface area (Å²) >= 11 is 0. The third-order valence-corrected chi connectivity index (χ3v) is 3.98. The largest absolute Gasteiger partial charge is 0.312 e. The first-order valence-corrected chi connectivity index (χ1v) is 7.11. The van der Waals surface area contributed by atoms with Crippen LogP contribution in [-0.2, 0) is 23.1 Å². The second-order valence-electron chi connectivity index (χ2n) is 4.38. The predicted molar refractivity (Wildman–Crippen MR) is 59.4 cm³/mol. The van der Waals surface area contributed by atoms with E-state index in [9.17, 15) is 8.42 Å². The van der Waals surface area contributed by atoms with E-state index in [1.165, 1.54) is 10.6 Å². The number of hydrogen-bond acceptors (Lipinski definition) is 4. The number of aromatic nitrogens is 3.